The van der Waals surface area contributed by atoms with Gasteiger partial charge in [0.05, 0.1) is 27.2 Å². The molecule has 82 valence electrons. The first-order valence-electron chi connectivity index (χ1n) is 5.45. The molecule has 2 rings (SSSR count). The molecule has 15 heavy (non-hydrogen) atoms. The van der Waals surface area contributed by atoms with Gasteiger partial charge in [-0.1, -0.05) is 0 Å². The molecule has 1 fully saturated rings. The van der Waals surface area contributed by atoms with Crippen molar-refractivity contribution in [2.45, 2.75) is 13.1 Å². The first kappa shape index (κ1) is 10.3. The number of rotatable bonds is 2. The minimum Gasteiger partial charge on any atom is -0.497 e. The lowest BCUT2D eigenvalue weighted by Gasteiger charge is -2.23. The molecule has 1 aromatic carbocycles. The molecule has 2 atom stereocenters. The second-order valence-electron chi connectivity index (χ2n) is 4.16. The second kappa shape index (κ2) is 4.11. The predicted molar refractivity (Wildman–Crippen MR) is 61.6 cm³/mol. The van der Waals surface area contributed by atoms with Crippen molar-refractivity contribution in [3.05, 3.63) is 24.3 Å². The fraction of sp³-hybridized carbons (Fsp3) is 0.500. The number of nitrogens with one attached hydrogen (secondary N) is 1. The van der Waals surface area contributed by atoms with Crippen LogP contribution in [0.15, 0.2) is 24.3 Å². The van der Waals surface area contributed by atoms with Crippen molar-refractivity contribution in [3.63, 3.8) is 0 Å². The van der Waals surface area contributed by atoms with Gasteiger partial charge in [-0.2, -0.15) is 0 Å². The summed E-state index contributed by atoms with van der Waals surface area (Å²) in [4.78, 5) is 4.01. The molecule has 3 nitrogen and oxygen atoms in total. The smallest absolute Gasteiger partial charge is 0.160 e. The molecule has 0 aliphatic carbocycles. The number of anilines is 1. The largest absolute Gasteiger partial charge is 0.497 e. The van der Waals surface area contributed by atoms with E-state index < -0.39 is 0 Å². The predicted octanol–water partition coefficient (Wildman–Crippen LogP) is 0.376. The fourth-order valence-electron chi connectivity index (χ4n) is 2.09. The van der Waals surface area contributed by atoms with Crippen molar-refractivity contribution in [2.75, 3.05) is 32.1 Å². The Balaban J connectivity index is 2.16. The average Bonchev–Trinajstić information content (AvgIpc) is 2.60. The van der Waals surface area contributed by atoms with Crippen LogP contribution in [0.25, 0.3) is 0 Å². The van der Waals surface area contributed by atoms with E-state index in [0.29, 0.717) is 6.17 Å². The van der Waals surface area contributed by atoms with Gasteiger partial charge in [0, 0.05) is 12.6 Å². The van der Waals surface area contributed by atoms with Gasteiger partial charge < -0.3 is 14.5 Å². The number of ether oxygens (including phenoxy) is 1. The molecule has 0 bridgehead atoms. The molecule has 1 N–H and O–H groups in total. The third-order valence-corrected chi connectivity index (χ3v) is 3.33. The van der Waals surface area contributed by atoms with Crippen molar-refractivity contribution in [1.82, 2.24) is 0 Å². The molecule has 0 saturated carbocycles. The molecular formula is C12H19N2O+. The molecule has 0 spiro atoms. The number of methoxy groups -OCH3 is 1. The molecule has 0 amide bonds. The molecule has 2 unspecified atom stereocenters. The third kappa shape index (κ3) is 1.92. The van der Waals surface area contributed by atoms with Crippen LogP contribution in [-0.2, 0) is 0 Å². The Morgan fingerprint density at radius 3 is 2.47 bits per heavy atom. The highest BCUT2D eigenvalue weighted by atomic mass is 16.5. The Labute approximate surface area is 91.2 Å². The third-order valence-electron chi connectivity index (χ3n) is 3.33. The van der Waals surface area contributed by atoms with E-state index in [0.717, 1.165) is 12.3 Å². The zero-order valence-corrected chi connectivity index (χ0v) is 9.66. The Morgan fingerprint density at radius 2 is 2.00 bits per heavy atom. The van der Waals surface area contributed by atoms with Gasteiger partial charge in [0.1, 0.15) is 5.75 Å². The normalized spacial score (nSPS) is 25.7. The molecule has 1 saturated heterocycles. The standard InChI is InChI=1S/C12H18N2O/c1-10-13(2)8-9-14(10)11-4-6-12(15-3)7-5-11/h4-7,10H,8-9H2,1-3H3/p+1. The molecule has 0 radical (unpaired) electrons. The maximum absolute atomic E-state index is 5.16. The zero-order valence-electron chi connectivity index (χ0n) is 9.66. The van der Waals surface area contributed by atoms with Crippen molar-refractivity contribution in [3.8, 4) is 5.75 Å². The van der Waals surface area contributed by atoms with Gasteiger partial charge in [-0.05, 0) is 24.3 Å². The Morgan fingerprint density at radius 1 is 1.33 bits per heavy atom. The fourth-order valence-corrected chi connectivity index (χ4v) is 2.09. The lowest BCUT2D eigenvalue weighted by atomic mass is 10.2. The van der Waals surface area contributed by atoms with Crippen molar-refractivity contribution in [1.29, 1.82) is 0 Å². The average molecular weight is 207 g/mol. The highest BCUT2D eigenvalue weighted by Gasteiger charge is 2.28. The Bertz CT molecular complexity index is 323. The van der Waals surface area contributed by atoms with Crippen LogP contribution in [0.1, 0.15) is 6.92 Å². The number of likely N-dealkylation sites (N-methyl/N-ethyl adjacent to an activating group) is 1. The van der Waals surface area contributed by atoms with Gasteiger partial charge >= 0.3 is 0 Å². The van der Waals surface area contributed by atoms with Crippen LogP contribution in [0.2, 0.25) is 0 Å². The van der Waals surface area contributed by atoms with Crippen LogP contribution in [0.4, 0.5) is 5.69 Å². The quantitative estimate of drug-likeness (QED) is 0.755. The Kier molecular flexibility index (Phi) is 2.82. The molecule has 1 aliphatic heterocycles. The highest BCUT2D eigenvalue weighted by Crippen LogP contribution is 2.20. The van der Waals surface area contributed by atoms with Gasteiger partial charge in [0.2, 0.25) is 0 Å². The van der Waals surface area contributed by atoms with Crippen LogP contribution in [0, 0.1) is 0 Å². The van der Waals surface area contributed by atoms with Gasteiger partial charge in [-0.25, -0.2) is 0 Å². The van der Waals surface area contributed by atoms with Crippen molar-refractivity contribution >= 4 is 5.69 Å². The molecule has 1 heterocycles. The number of benzene rings is 1. The molecule has 0 aromatic heterocycles. The number of hydrogen-bond acceptors (Lipinski definition) is 2. The summed E-state index contributed by atoms with van der Waals surface area (Å²) in [5, 5.41) is 0. The number of nitrogens with zero attached hydrogens (tertiary/aromatic N) is 1. The molecule has 3 heteroatoms. The van der Waals surface area contributed by atoms with Crippen LogP contribution in [0.5, 0.6) is 5.75 Å². The summed E-state index contributed by atoms with van der Waals surface area (Å²) < 4.78 is 5.16. The molecule has 1 aliphatic rings. The monoisotopic (exact) mass is 207 g/mol. The van der Waals surface area contributed by atoms with E-state index >= 15 is 0 Å². The van der Waals surface area contributed by atoms with Crippen molar-refractivity contribution < 1.29 is 9.64 Å². The topological polar surface area (TPSA) is 16.9 Å². The van der Waals surface area contributed by atoms with E-state index in [-0.39, 0.29) is 0 Å². The summed E-state index contributed by atoms with van der Waals surface area (Å²) in [6.45, 7) is 4.62. The minimum absolute atomic E-state index is 0.568. The second-order valence-corrected chi connectivity index (χ2v) is 4.16. The maximum Gasteiger partial charge on any atom is 0.160 e. The maximum atomic E-state index is 5.16. The van der Waals surface area contributed by atoms with Crippen LogP contribution in [0.3, 0.4) is 0 Å². The van der Waals surface area contributed by atoms with Gasteiger partial charge in [0.25, 0.3) is 0 Å². The first-order valence-corrected chi connectivity index (χ1v) is 5.45. The minimum atomic E-state index is 0.568. The van der Waals surface area contributed by atoms with Crippen LogP contribution in [-0.4, -0.2) is 33.4 Å². The lowest BCUT2D eigenvalue weighted by Crippen LogP contribution is -3.11. The number of quaternary nitrogens is 1. The molecular weight excluding hydrogens is 188 g/mol. The summed E-state index contributed by atoms with van der Waals surface area (Å²) >= 11 is 0. The summed E-state index contributed by atoms with van der Waals surface area (Å²) in [6.07, 6.45) is 0.568. The number of hydrogen-bond donors (Lipinski definition) is 1. The summed E-state index contributed by atoms with van der Waals surface area (Å²) in [5.74, 6) is 0.923. The first-order chi connectivity index (χ1) is 7.22. The van der Waals surface area contributed by atoms with Crippen LogP contribution >= 0.6 is 0 Å². The summed E-state index contributed by atoms with van der Waals surface area (Å²) in [6, 6.07) is 8.31. The van der Waals surface area contributed by atoms with Crippen LogP contribution < -0.4 is 14.5 Å². The van der Waals surface area contributed by atoms with Crippen molar-refractivity contribution in [2.24, 2.45) is 0 Å². The summed E-state index contributed by atoms with van der Waals surface area (Å²) in [5.41, 5.74) is 1.29. The van der Waals surface area contributed by atoms with Gasteiger partial charge in [0.15, 0.2) is 6.17 Å². The summed E-state index contributed by atoms with van der Waals surface area (Å²) in [7, 11) is 3.94. The van der Waals surface area contributed by atoms with Gasteiger partial charge in [-0.15, -0.1) is 0 Å². The highest BCUT2D eigenvalue weighted by molar-refractivity contribution is 5.49. The van der Waals surface area contributed by atoms with Gasteiger partial charge in [-0.3, -0.25) is 0 Å². The van der Waals surface area contributed by atoms with E-state index in [1.54, 1.807) is 12.0 Å². The van der Waals surface area contributed by atoms with E-state index in [2.05, 4.69) is 31.0 Å². The Hall–Kier alpha value is -1.22. The SMILES string of the molecule is COc1ccc(N2CC[NH+](C)C2C)cc1. The van der Waals surface area contributed by atoms with E-state index in [9.17, 15) is 0 Å². The lowest BCUT2D eigenvalue weighted by molar-refractivity contribution is -0.888. The van der Waals surface area contributed by atoms with E-state index in [1.807, 2.05) is 12.1 Å². The molecule has 1 aromatic rings. The zero-order chi connectivity index (χ0) is 10.8. The van der Waals surface area contributed by atoms with E-state index in [4.69, 9.17) is 4.74 Å². The van der Waals surface area contributed by atoms with E-state index in [1.165, 1.54) is 12.2 Å².